The summed E-state index contributed by atoms with van der Waals surface area (Å²) in [7, 11) is -0.193. The molecule has 6 heterocycles. The lowest BCUT2D eigenvalue weighted by molar-refractivity contribution is 0.211. The van der Waals surface area contributed by atoms with Gasteiger partial charge in [0.05, 0.1) is 19.7 Å². The van der Waals surface area contributed by atoms with Gasteiger partial charge in [0.25, 0.3) is 0 Å². The van der Waals surface area contributed by atoms with E-state index in [2.05, 4.69) is 54.4 Å². The Kier molecular flexibility index (Phi) is 7.55. The number of benzene rings is 1. The molecule has 0 spiro atoms. The minimum atomic E-state index is -0.193. The van der Waals surface area contributed by atoms with Gasteiger partial charge in [-0.15, -0.1) is 0 Å². The highest BCUT2D eigenvalue weighted by molar-refractivity contribution is 5.84. The molecule has 1 aromatic carbocycles. The van der Waals surface area contributed by atoms with Gasteiger partial charge in [-0.05, 0) is 66.9 Å². The second-order valence-electron chi connectivity index (χ2n) is 11.0. The molecular weight excluding hydrogens is 578 g/mol. The Hall–Kier alpha value is -5.93. The normalized spacial score (nSPS) is 14.1. The first-order chi connectivity index (χ1) is 23.1. The Morgan fingerprint density at radius 1 is 0.978 bits per heavy atom. The van der Waals surface area contributed by atoms with Crippen LogP contribution in [0.4, 0.5) is 11.6 Å². The van der Waals surface area contributed by atoms with Crippen LogP contribution in [0.25, 0.3) is 39.5 Å². The lowest BCUT2D eigenvalue weighted by Crippen LogP contribution is -2.38. The van der Waals surface area contributed by atoms with Crippen LogP contribution in [0.5, 0.6) is 5.88 Å². The molecular formula is C34H31N11O. The zero-order valence-corrected chi connectivity index (χ0v) is 24.9. The minimum absolute atomic E-state index is 0.172. The number of fused-ring (bicyclic) bond motifs is 1. The Labute approximate surface area is 267 Å². The maximum atomic E-state index is 9.08. The van der Waals surface area contributed by atoms with E-state index in [0.29, 0.717) is 35.0 Å². The average molecular weight is 611 g/mol. The largest absolute Gasteiger partial charge is 0.481 e. The number of hydrogen-bond acceptors (Lipinski definition) is 11. The second kappa shape index (κ2) is 12.6. The number of imidazole rings is 1. The fourth-order valence-corrected chi connectivity index (χ4v) is 5.71. The molecule has 46 heavy (non-hydrogen) atoms. The Morgan fingerprint density at radius 2 is 1.85 bits per heavy atom. The molecule has 228 valence electrons. The van der Waals surface area contributed by atoms with Crippen molar-refractivity contribution in [2.24, 2.45) is 0 Å². The molecule has 1 saturated heterocycles. The first-order valence-electron chi connectivity index (χ1n) is 15.6. The van der Waals surface area contributed by atoms with Crippen molar-refractivity contribution in [3.8, 4) is 40.3 Å². The summed E-state index contributed by atoms with van der Waals surface area (Å²) in [5, 5.41) is 12.5. The van der Waals surface area contributed by atoms with Gasteiger partial charge in [-0.2, -0.15) is 5.26 Å². The van der Waals surface area contributed by atoms with Crippen LogP contribution in [-0.2, 0) is 6.54 Å². The monoisotopic (exact) mass is 610 g/mol. The molecule has 12 nitrogen and oxygen atoms in total. The summed E-state index contributed by atoms with van der Waals surface area (Å²) in [5.74, 6) is 2.29. The van der Waals surface area contributed by atoms with Crippen LogP contribution in [0, 0.1) is 11.3 Å². The van der Waals surface area contributed by atoms with Crippen molar-refractivity contribution < 1.29 is 6.11 Å². The van der Waals surface area contributed by atoms with E-state index in [4.69, 9.17) is 27.1 Å². The van der Waals surface area contributed by atoms with E-state index in [1.807, 2.05) is 41.0 Å². The molecule has 3 N–H and O–H groups in total. The molecule has 0 atom stereocenters. The SMILES string of the molecule is [2H]COc1ccc(-c2ccc3nc(-c4cccnc4N)n(-c4ccc(CN5CCC(Nc6ccnc(C#N)n6)CC5)cc4)c3n2)cn1. The molecule has 1 fully saturated rings. The fourth-order valence-electron chi connectivity index (χ4n) is 5.71. The molecule has 7 rings (SSSR count). The molecule has 12 heteroatoms. The highest BCUT2D eigenvalue weighted by atomic mass is 16.5. The molecule has 0 amide bonds. The number of ether oxygens (including phenoxy) is 1. The summed E-state index contributed by atoms with van der Waals surface area (Å²) >= 11 is 0. The number of likely N-dealkylation sites (tertiary alicyclic amines) is 1. The number of nitrogen functional groups attached to an aromatic ring is 1. The van der Waals surface area contributed by atoms with Crippen LogP contribution in [-0.4, -0.2) is 65.6 Å². The van der Waals surface area contributed by atoms with Crippen LogP contribution >= 0.6 is 0 Å². The van der Waals surface area contributed by atoms with Gasteiger partial charge in [-0.1, -0.05) is 12.1 Å². The molecule has 0 saturated carbocycles. The zero-order valence-electron chi connectivity index (χ0n) is 25.9. The number of nitriles is 1. The molecule has 0 radical (unpaired) electrons. The molecule has 1 aliphatic rings. The van der Waals surface area contributed by atoms with Gasteiger partial charge < -0.3 is 15.8 Å². The lowest BCUT2D eigenvalue weighted by atomic mass is 10.0. The number of hydrogen-bond donors (Lipinski definition) is 2. The topological polar surface area (TPSA) is 157 Å². The summed E-state index contributed by atoms with van der Waals surface area (Å²) in [6.45, 7) is 2.73. The summed E-state index contributed by atoms with van der Waals surface area (Å²) in [6, 6.07) is 23.8. The number of nitrogens with two attached hydrogens (primary N) is 1. The van der Waals surface area contributed by atoms with Gasteiger partial charge in [-0.3, -0.25) is 9.47 Å². The standard InChI is InChI=1S/C34H31N11O/c1-46-31-11-6-23(20-39-31)27-9-10-28-34(41-27)45(33(42-28)26-3-2-15-38-32(26)36)25-7-4-22(5-8-25)21-44-17-13-24(14-18-44)40-29-12-16-37-30(19-35)43-29/h2-12,15-16,20,24H,13-14,17-18,21H2,1H3,(H2,36,38)(H,37,40,43)/i1D. The number of nitrogens with one attached hydrogen (secondary N) is 1. The van der Waals surface area contributed by atoms with Gasteiger partial charge >= 0.3 is 0 Å². The summed E-state index contributed by atoms with van der Waals surface area (Å²) < 4.78 is 14.5. The number of nitrogens with zero attached hydrogens (tertiary/aromatic N) is 9. The maximum Gasteiger partial charge on any atom is 0.234 e. The van der Waals surface area contributed by atoms with Crippen molar-refractivity contribution >= 4 is 22.8 Å². The Morgan fingerprint density at radius 3 is 2.61 bits per heavy atom. The van der Waals surface area contributed by atoms with Gasteiger partial charge in [-0.25, -0.2) is 29.9 Å². The summed E-state index contributed by atoms with van der Waals surface area (Å²) in [4.78, 5) is 29.2. The van der Waals surface area contributed by atoms with Crippen molar-refractivity contribution in [3.63, 3.8) is 0 Å². The fraction of sp³-hybridized carbons (Fsp3) is 0.206. The summed E-state index contributed by atoms with van der Waals surface area (Å²) in [5.41, 5.74) is 12.1. The number of aromatic nitrogens is 7. The second-order valence-corrected chi connectivity index (χ2v) is 11.0. The van der Waals surface area contributed by atoms with E-state index in [0.717, 1.165) is 60.5 Å². The van der Waals surface area contributed by atoms with Crippen LogP contribution in [0.1, 0.15) is 25.6 Å². The molecule has 1 aliphatic heterocycles. The number of methoxy groups -OCH3 is 1. The van der Waals surface area contributed by atoms with Gasteiger partial charge in [0.15, 0.2) is 11.5 Å². The Bertz CT molecular complexity index is 2050. The third-order valence-corrected chi connectivity index (χ3v) is 8.06. The van der Waals surface area contributed by atoms with Crippen LogP contribution in [0.3, 0.4) is 0 Å². The number of pyridine rings is 3. The third-order valence-electron chi connectivity index (χ3n) is 8.06. The average Bonchev–Trinajstić information content (AvgIpc) is 3.49. The van der Waals surface area contributed by atoms with Gasteiger partial charge in [0.2, 0.25) is 11.7 Å². The van der Waals surface area contributed by atoms with Crippen LogP contribution in [0.15, 0.2) is 85.3 Å². The van der Waals surface area contributed by atoms with Gasteiger partial charge in [0.1, 0.15) is 23.2 Å². The molecule has 5 aromatic heterocycles. The smallest absolute Gasteiger partial charge is 0.234 e. The van der Waals surface area contributed by atoms with E-state index in [1.54, 1.807) is 30.7 Å². The van der Waals surface area contributed by atoms with Crippen molar-refractivity contribution in [3.05, 3.63) is 96.7 Å². The van der Waals surface area contributed by atoms with Crippen molar-refractivity contribution in [2.45, 2.75) is 25.4 Å². The van der Waals surface area contributed by atoms with Gasteiger partial charge in [0, 0.05) is 61.6 Å². The molecule has 0 aliphatic carbocycles. The first kappa shape index (κ1) is 27.6. The van der Waals surface area contributed by atoms with E-state index in [-0.39, 0.29) is 12.9 Å². The molecule has 0 unspecified atom stereocenters. The first-order valence-corrected chi connectivity index (χ1v) is 14.9. The highest BCUT2D eigenvalue weighted by Crippen LogP contribution is 2.32. The van der Waals surface area contributed by atoms with Crippen molar-refractivity contribution in [1.29, 1.82) is 5.26 Å². The summed E-state index contributed by atoms with van der Waals surface area (Å²) in [6.07, 6.45) is 6.91. The van der Waals surface area contributed by atoms with E-state index in [1.165, 1.54) is 5.56 Å². The van der Waals surface area contributed by atoms with E-state index in [9.17, 15) is 0 Å². The minimum Gasteiger partial charge on any atom is -0.481 e. The van der Waals surface area contributed by atoms with E-state index < -0.39 is 0 Å². The number of rotatable bonds is 8. The predicted molar refractivity (Wildman–Crippen MR) is 175 cm³/mol. The highest BCUT2D eigenvalue weighted by Gasteiger charge is 2.21. The maximum absolute atomic E-state index is 9.08. The number of piperidine rings is 1. The quantitative estimate of drug-likeness (QED) is 0.242. The van der Waals surface area contributed by atoms with Crippen LogP contribution in [0.2, 0.25) is 0 Å². The zero-order chi connectivity index (χ0) is 32.2. The molecule has 0 bridgehead atoms. The predicted octanol–water partition coefficient (Wildman–Crippen LogP) is 4.87. The van der Waals surface area contributed by atoms with Crippen LogP contribution < -0.4 is 15.8 Å². The van der Waals surface area contributed by atoms with E-state index >= 15 is 0 Å². The lowest BCUT2D eigenvalue weighted by Gasteiger charge is -2.32. The van der Waals surface area contributed by atoms with Crippen molar-refractivity contribution in [2.75, 3.05) is 31.2 Å². The molecule has 6 aromatic rings. The number of anilines is 2. The van der Waals surface area contributed by atoms with Crippen molar-refractivity contribution in [1.82, 2.24) is 39.4 Å². The third kappa shape index (κ3) is 5.91. The Balaban J connectivity index is 1.13.